The molecule has 1 saturated heterocycles. The van der Waals surface area contributed by atoms with E-state index in [0.717, 1.165) is 36.9 Å². The number of hydrogen-bond acceptors (Lipinski definition) is 6. The van der Waals surface area contributed by atoms with Crippen LogP contribution in [0.15, 0.2) is 36.7 Å². The molecule has 1 fully saturated rings. The quantitative estimate of drug-likeness (QED) is 0.382. The molecule has 2 heterocycles. The number of benzene rings is 2. The van der Waals surface area contributed by atoms with Gasteiger partial charge in [0.05, 0.1) is 5.52 Å². The molecule has 0 bridgehead atoms. The van der Waals surface area contributed by atoms with Crippen LogP contribution in [0.4, 0.5) is 5.82 Å². The molecule has 1 aliphatic heterocycles. The number of aryl methyl sites for hydroxylation is 1. The molecule has 8 nitrogen and oxygen atoms in total. The molecule has 0 saturated carbocycles. The third-order valence-electron chi connectivity index (χ3n) is 5.44. The highest BCUT2D eigenvalue weighted by Crippen LogP contribution is 2.26. The smallest absolute Gasteiger partial charge is 0.254 e. The molecule has 1 aliphatic rings. The minimum absolute atomic E-state index is 0.0472. The maximum Gasteiger partial charge on any atom is 0.254 e. The van der Waals surface area contributed by atoms with Crippen LogP contribution >= 0.6 is 0 Å². The number of amidine groups is 1. The van der Waals surface area contributed by atoms with E-state index in [1.807, 2.05) is 24.0 Å². The van der Waals surface area contributed by atoms with Gasteiger partial charge in [0.15, 0.2) is 0 Å². The summed E-state index contributed by atoms with van der Waals surface area (Å²) in [4.78, 5) is 23.4. The van der Waals surface area contributed by atoms with Gasteiger partial charge in [0, 0.05) is 41.7 Å². The Kier molecular flexibility index (Phi) is 5.22. The molecule has 1 amide bonds. The largest absolute Gasteiger partial charge is 0.508 e. The predicted octanol–water partition coefficient (Wildman–Crippen LogP) is 2.78. The minimum Gasteiger partial charge on any atom is -0.508 e. The van der Waals surface area contributed by atoms with Crippen molar-refractivity contribution in [3.8, 4) is 5.75 Å². The number of nitrogen functional groups attached to an aromatic ring is 1. The standard InChI is InChI=1S/C22H24N6O2/c1-13-8-17-18(10-16(13)22(30)28-6-2-3-7-28)26-12-27-21(17)25-11-15-9-14(20(23)24)4-5-19(15)29/h4-5,8-10,12,29H,2-3,6-7,11H2,1H3,(H3,23,24)(H,25,26,27). The fourth-order valence-corrected chi connectivity index (χ4v) is 3.75. The van der Waals surface area contributed by atoms with Gasteiger partial charge in [-0.3, -0.25) is 10.2 Å². The number of nitrogens with two attached hydrogens (primary N) is 1. The minimum atomic E-state index is -0.0606. The Morgan fingerprint density at radius 2 is 2.00 bits per heavy atom. The highest BCUT2D eigenvalue weighted by Gasteiger charge is 2.22. The molecule has 0 radical (unpaired) electrons. The van der Waals surface area contributed by atoms with Gasteiger partial charge < -0.3 is 21.1 Å². The zero-order valence-electron chi connectivity index (χ0n) is 16.8. The van der Waals surface area contributed by atoms with Crippen LogP contribution in [0.2, 0.25) is 0 Å². The van der Waals surface area contributed by atoms with E-state index < -0.39 is 0 Å². The molecule has 8 heteroatoms. The number of nitrogens with one attached hydrogen (secondary N) is 2. The second-order valence-corrected chi connectivity index (χ2v) is 7.52. The van der Waals surface area contributed by atoms with Crippen molar-refractivity contribution in [1.29, 1.82) is 5.41 Å². The number of amides is 1. The van der Waals surface area contributed by atoms with Gasteiger partial charge in [-0.05, 0) is 55.7 Å². The number of nitrogens with zero attached hydrogens (tertiary/aromatic N) is 3. The number of fused-ring (bicyclic) bond motifs is 1. The lowest BCUT2D eigenvalue weighted by Crippen LogP contribution is -2.28. The normalized spacial score (nSPS) is 13.6. The van der Waals surface area contributed by atoms with Gasteiger partial charge in [-0.15, -0.1) is 0 Å². The summed E-state index contributed by atoms with van der Waals surface area (Å²) in [6.45, 7) is 3.82. The Balaban J connectivity index is 1.63. The number of likely N-dealkylation sites (tertiary alicyclic amines) is 1. The predicted molar refractivity (Wildman–Crippen MR) is 116 cm³/mol. The Hall–Kier alpha value is -3.68. The number of hydrogen-bond donors (Lipinski definition) is 4. The molecule has 0 atom stereocenters. The molecule has 0 spiro atoms. The summed E-state index contributed by atoms with van der Waals surface area (Å²) in [5, 5.41) is 21.7. The number of aromatic nitrogens is 2. The van der Waals surface area contributed by atoms with Crippen LogP contribution in [0, 0.1) is 12.3 Å². The van der Waals surface area contributed by atoms with Crippen molar-refractivity contribution in [3.63, 3.8) is 0 Å². The first kappa shape index (κ1) is 19.6. The molecule has 0 unspecified atom stereocenters. The third-order valence-corrected chi connectivity index (χ3v) is 5.44. The summed E-state index contributed by atoms with van der Waals surface area (Å²) in [6, 6.07) is 8.54. The van der Waals surface area contributed by atoms with Crippen LogP contribution in [-0.2, 0) is 6.54 Å². The van der Waals surface area contributed by atoms with Crippen molar-refractivity contribution in [2.75, 3.05) is 18.4 Å². The molecule has 154 valence electrons. The van der Waals surface area contributed by atoms with Crippen molar-refractivity contribution >= 4 is 28.5 Å². The third kappa shape index (κ3) is 3.76. The number of rotatable bonds is 5. The van der Waals surface area contributed by atoms with Gasteiger partial charge >= 0.3 is 0 Å². The van der Waals surface area contributed by atoms with Crippen molar-refractivity contribution in [2.24, 2.45) is 5.73 Å². The second-order valence-electron chi connectivity index (χ2n) is 7.52. The zero-order valence-corrected chi connectivity index (χ0v) is 16.8. The van der Waals surface area contributed by atoms with Gasteiger partial charge in [-0.2, -0.15) is 0 Å². The summed E-state index contributed by atoms with van der Waals surface area (Å²) < 4.78 is 0. The summed E-state index contributed by atoms with van der Waals surface area (Å²) >= 11 is 0. The summed E-state index contributed by atoms with van der Waals surface area (Å²) in [5.74, 6) is 0.706. The molecule has 5 N–H and O–H groups in total. The number of anilines is 1. The van der Waals surface area contributed by atoms with Gasteiger partial charge in [0.2, 0.25) is 0 Å². The Bertz CT molecular complexity index is 1140. The lowest BCUT2D eigenvalue weighted by atomic mass is 10.0. The molecule has 30 heavy (non-hydrogen) atoms. The molecule has 2 aromatic carbocycles. The van der Waals surface area contributed by atoms with Crippen LogP contribution in [0.1, 0.15) is 39.9 Å². The van der Waals surface area contributed by atoms with E-state index in [0.29, 0.717) is 34.6 Å². The van der Waals surface area contributed by atoms with E-state index in [1.54, 1.807) is 12.1 Å². The van der Waals surface area contributed by atoms with Crippen LogP contribution < -0.4 is 11.1 Å². The maximum absolute atomic E-state index is 12.8. The molecular weight excluding hydrogens is 380 g/mol. The Morgan fingerprint density at radius 1 is 1.23 bits per heavy atom. The first-order valence-corrected chi connectivity index (χ1v) is 9.89. The van der Waals surface area contributed by atoms with Crippen molar-refractivity contribution < 1.29 is 9.90 Å². The van der Waals surface area contributed by atoms with Crippen molar-refractivity contribution in [1.82, 2.24) is 14.9 Å². The second kappa shape index (κ2) is 7.98. The molecule has 3 aromatic rings. The number of aromatic hydroxyl groups is 1. The number of phenols is 1. The van der Waals surface area contributed by atoms with Crippen molar-refractivity contribution in [3.05, 3.63) is 58.9 Å². The summed E-state index contributed by atoms with van der Waals surface area (Å²) in [6.07, 6.45) is 3.55. The Labute approximate surface area is 174 Å². The van der Waals surface area contributed by atoms with Crippen molar-refractivity contribution in [2.45, 2.75) is 26.3 Å². The number of carbonyl (C=O) groups excluding carboxylic acids is 1. The highest BCUT2D eigenvalue weighted by molar-refractivity contribution is 6.01. The maximum atomic E-state index is 12.8. The number of phenolic OH excluding ortho intramolecular Hbond substituents is 1. The monoisotopic (exact) mass is 404 g/mol. The van der Waals surface area contributed by atoms with Crippen LogP contribution in [-0.4, -0.2) is 44.8 Å². The lowest BCUT2D eigenvalue weighted by Gasteiger charge is -2.17. The van der Waals surface area contributed by atoms with E-state index in [2.05, 4.69) is 15.3 Å². The van der Waals surface area contributed by atoms with E-state index in [1.165, 1.54) is 12.4 Å². The fraction of sp³-hybridized carbons (Fsp3) is 0.273. The first-order chi connectivity index (χ1) is 14.4. The lowest BCUT2D eigenvalue weighted by molar-refractivity contribution is 0.0792. The fourth-order valence-electron chi connectivity index (χ4n) is 3.75. The van der Waals surface area contributed by atoms with Crippen LogP contribution in [0.3, 0.4) is 0 Å². The average molecular weight is 404 g/mol. The van der Waals surface area contributed by atoms with Gasteiger partial charge in [-0.25, -0.2) is 9.97 Å². The Morgan fingerprint density at radius 3 is 2.73 bits per heavy atom. The first-order valence-electron chi connectivity index (χ1n) is 9.89. The zero-order chi connectivity index (χ0) is 21.3. The SMILES string of the molecule is Cc1cc2c(NCc3cc(C(=N)N)ccc3O)ncnc2cc1C(=O)N1CCCC1. The molecule has 0 aliphatic carbocycles. The summed E-state index contributed by atoms with van der Waals surface area (Å²) in [5.41, 5.74) is 8.91. The van der Waals surface area contributed by atoms with E-state index in [4.69, 9.17) is 11.1 Å². The van der Waals surface area contributed by atoms with E-state index in [-0.39, 0.29) is 17.5 Å². The molecule has 1 aromatic heterocycles. The topological polar surface area (TPSA) is 128 Å². The molecular formula is C22H24N6O2. The van der Waals surface area contributed by atoms with E-state index >= 15 is 0 Å². The van der Waals surface area contributed by atoms with Crippen LogP contribution in [0.25, 0.3) is 10.9 Å². The van der Waals surface area contributed by atoms with Crippen LogP contribution in [0.5, 0.6) is 5.75 Å². The average Bonchev–Trinajstić information content (AvgIpc) is 3.27. The van der Waals surface area contributed by atoms with Gasteiger partial charge in [0.1, 0.15) is 23.7 Å². The van der Waals surface area contributed by atoms with Gasteiger partial charge in [0.25, 0.3) is 5.91 Å². The van der Waals surface area contributed by atoms with E-state index in [9.17, 15) is 9.90 Å². The molecule has 4 rings (SSSR count). The summed E-state index contributed by atoms with van der Waals surface area (Å²) in [7, 11) is 0. The van der Waals surface area contributed by atoms with Gasteiger partial charge in [-0.1, -0.05) is 0 Å². The highest BCUT2D eigenvalue weighted by atomic mass is 16.3. The number of carbonyl (C=O) groups is 1.